The summed E-state index contributed by atoms with van der Waals surface area (Å²) < 4.78 is 0. The maximum Gasteiger partial charge on any atom is 0.272 e. The van der Waals surface area contributed by atoms with Gasteiger partial charge in [0.15, 0.2) is 0 Å². The van der Waals surface area contributed by atoms with Crippen LogP contribution in [-0.4, -0.2) is 36.9 Å². The van der Waals surface area contributed by atoms with E-state index in [4.69, 9.17) is 11.6 Å². The fourth-order valence-corrected chi connectivity index (χ4v) is 1.48. The molecule has 0 radical (unpaired) electrons. The van der Waals surface area contributed by atoms with Crippen LogP contribution in [0.2, 0.25) is 5.02 Å². The second kappa shape index (κ2) is 6.20. The van der Waals surface area contributed by atoms with Crippen molar-refractivity contribution < 1.29 is 9.59 Å². The number of nitrogens with one attached hydrogen (secondary N) is 3. The van der Waals surface area contributed by atoms with E-state index in [1.807, 2.05) is 0 Å². The Labute approximate surface area is 110 Å². The number of halogens is 1. The van der Waals surface area contributed by atoms with E-state index in [0.29, 0.717) is 5.82 Å². The van der Waals surface area contributed by atoms with E-state index < -0.39 is 11.9 Å². The van der Waals surface area contributed by atoms with Crippen molar-refractivity contribution in [3.8, 4) is 0 Å². The zero-order valence-corrected chi connectivity index (χ0v) is 11.1. The molecule has 0 aromatic carbocycles. The molecule has 0 aliphatic carbocycles. The van der Waals surface area contributed by atoms with Crippen LogP contribution in [0.5, 0.6) is 0 Å². The summed E-state index contributed by atoms with van der Waals surface area (Å²) >= 11 is 5.89. The van der Waals surface area contributed by atoms with Gasteiger partial charge in [0.1, 0.15) is 17.6 Å². The number of nitrogens with zero attached hydrogens (tertiary/aromatic N) is 1. The van der Waals surface area contributed by atoms with Gasteiger partial charge in [-0.2, -0.15) is 0 Å². The Bertz CT molecular complexity index is 464. The summed E-state index contributed by atoms with van der Waals surface area (Å²) in [5.74, 6) is -0.255. The number of likely N-dealkylation sites (N-methyl/N-ethyl adjacent to an activating group) is 1. The first-order chi connectivity index (χ1) is 8.49. The van der Waals surface area contributed by atoms with Crippen molar-refractivity contribution in [1.82, 2.24) is 15.6 Å². The Balaban J connectivity index is 2.87. The molecule has 1 rings (SSSR count). The summed E-state index contributed by atoms with van der Waals surface area (Å²) in [4.78, 5) is 27.2. The highest BCUT2D eigenvalue weighted by atomic mass is 35.5. The zero-order chi connectivity index (χ0) is 13.7. The molecule has 0 bridgehead atoms. The van der Waals surface area contributed by atoms with Gasteiger partial charge >= 0.3 is 0 Å². The average Bonchev–Trinajstić information content (AvgIpc) is 2.38. The largest absolute Gasteiger partial charge is 0.373 e. The fourth-order valence-electron chi connectivity index (χ4n) is 1.29. The third-order valence-corrected chi connectivity index (χ3v) is 2.61. The van der Waals surface area contributed by atoms with Crippen molar-refractivity contribution in [2.24, 2.45) is 0 Å². The summed E-state index contributed by atoms with van der Waals surface area (Å²) in [5, 5.41) is 7.99. The van der Waals surface area contributed by atoms with E-state index >= 15 is 0 Å². The van der Waals surface area contributed by atoms with Crippen molar-refractivity contribution in [2.45, 2.75) is 13.0 Å². The van der Waals surface area contributed by atoms with Gasteiger partial charge in [0.2, 0.25) is 5.91 Å². The maximum absolute atomic E-state index is 11.9. The van der Waals surface area contributed by atoms with Gasteiger partial charge < -0.3 is 16.0 Å². The summed E-state index contributed by atoms with van der Waals surface area (Å²) in [6.07, 6.45) is 0. The predicted octanol–water partition coefficient (Wildman–Crippen LogP) is 0.641. The lowest BCUT2D eigenvalue weighted by Crippen LogP contribution is -2.43. The van der Waals surface area contributed by atoms with Crippen LogP contribution in [0.3, 0.4) is 0 Å². The molecule has 18 heavy (non-hydrogen) atoms. The van der Waals surface area contributed by atoms with Crippen molar-refractivity contribution in [3.63, 3.8) is 0 Å². The molecule has 3 N–H and O–H groups in total. The van der Waals surface area contributed by atoms with Gasteiger partial charge in [-0.3, -0.25) is 9.59 Å². The lowest BCUT2D eigenvalue weighted by molar-refractivity contribution is -0.122. The third kappa shape index (κ3) is 3.33. The molecule has 6 nitrogen and oxygen atoms in total. The Morgan fingerprint density at radius 3 is 2.56 bits per heavy atom. The first kappa shape index (κ1) is 14.2. The van der Waals surface area contributed by atoms with Crippen molar-refractivity contribution in [1.29, 1.82) is 0 Å². The predicted molar refractivity (Wildman–Crippen MR) is 69.8 cm³/mol. The van der Waals surface area contributed by atoms with E-state index in [-0.39, 0.29) is 16.6 Å². The molecule has 0 saturated heterocycles. The number of hydrogen-bond donors (Lipinski definition) is 3. The van der Waals surface area contributed by atoms with Crippen LogP contribution in [0.1, 0.15) is 17.4 Å². The monoisotopic (exact) mass is 270 g/mol. The van der Waals surface area contributed by atoms with E-state index in [1.54, 1.807) is 26.1 Å². The van der Waals surface area contributed by atoms with Crippen LogP contribution in [0.15, 0.2) is 12.1 Å². The highest BCUT2D eigenvalue weighted by Crippen LogP contribution is 2.16. The van der Waals surface area contributed by atoms with Crippen LogP contribution in [-0.2, 0) is 4.79 Å². The number of carbonyl (C=O) groups excluding carboxylic acids is 2. The smallest absolute Gasteiger partial charge is 0.272 e. The first-order valence-corrected chi connectivity index (χ1v) is 5.74. The molecule has 0 fully saturated rings. The second-order valence-corrected chi connectivity index (χ2v) is 3.99. The van der Waals surface area contributed by atoms with E-state index in [0.717, 1.165) is 0 Å². The van der Waals surface area contributed by atoms with E-state index in [2.05, 4.69) is 20.9 Å². The number of aromatic nitrogens is 1. The molecule has 2 amide bonds. The zero-order valence-electron chi connectivity index (χ0n) is 10.4. The second-order valence-electron chi connectivity index (χ2n) is 3.59. The van der Waals surface area contributed by atoms with Crippen molar-refractivity contribution in [3.05, 3.63) is 22.8 Å². The number of anilines is 1. The highest BCUT2D eigenvalue weighted by molar-refractivity contribution is 6.33. The van der Waals surface area contributed by atoms with Gasteiger partial charge in [-0.25, -0.2) is 4.98 Å². The molecule has 0 spiro atoms. The number of hydrogen-bond acceptors (Lipinski definition) is 4. The van der Waals surface area contributed by atoms with Crippen LogP contribution in [0.4, 0.5) is 5.82 Å². The van der Waals surface area contributed by atoms with Crippen LogP contribution >= 0.6 is 11.6 Å². The number of pyridine rings is 1. The van der Waals surface area contributed by atoms with Gasteiger partial charge in [0.25, 0.3) is 5.91 Å². The molecule has 1 atom stereocenters. The van der Waals surface area contributed by atoms with Gasteiger partial charge in [-0.1, -0.05) is 11.6 Å². The molecule has 1 aromatic rings. The fraction of sp³-hybridized carbons (Fsp3) is 0.364. The van der Waals surface area contributed by atoms with Gasteiger partial charge in [-0.05, 0) is 19.1 Å². The summed E-state index contributed by atoms with van der Waals surface area (Å²) in [5.41, 5.74) is 0.0827. The Morgan fingerprint density at radius 1 is 1.33 bits per heavy atom. The van der Waals surface area contributed by atoms with Crippen LogP contribution in [0.25, 0.3) is 0 Å². The average molecular weight is 271 g/mol. The summed E-state index contributed by atoms with van der Waals surface area (Å²) in [6.45, 7) is 1.58. The summed E-state index contributed by atoms with van der Waals surface area (Å²) in [6, 6.07) is 2.57. The molecule has 0 saturated carbocycles. The Hall–Kier alpha value is -1.82. The minimum absolute atomic E-state index is 0.0827. The first-order valence-electron chi connectivity index (χ1n) is 5.36. The molecular formula is C11H15ClN4O2. The molecule has 1 unspecified atom stereocenters. The quantitative estimate of drug-likeness (QED) is 0.750. The molecule has 98 valence electrons. The van der Waals surface area contributed by atoms with Gasteiger partial charge in [-0.15, -0.1) is 0 Å². The number of carbonyl (C=O) groups is 2. The molecule has 7 heteroatoms. The van der Waals surface area contributed by atoms with Gasteiger partial charge in [0.05, 0.1) is 5.02 Å². The minimum Gasteiger partial charge on any atom is -0.373 e. The normalized spacial score (nSPS) is 11.6. The lowest BCUT2D eigenvalue weighted by atomic mass is 10.2. The van der Waals surface area contributed by atoms with E-state index in [1.165, 1.54) is 7.05 Å². The number of rotatable bonds is 4. The highest BCUT2D eigenvalue weighted by Gasteiger charge is 2.18. The molecule has 1 heterocycles. The molecular weight excluding hydrogens is 256 g/mol. The SMILES string of the molecule is CNC(=O)C(C)NC(=O)c1nc(NC)ccc1Cl. The van der Waals surface area contributed by atoms with E-state index in [9.17, 15) is 9.59 Å². The molecule has 0 aliphatic heterocycles. The lowest BCUT2D eigenvalue weighted by Gasteiger charge is -2.13. The van der Waals surface area contributed by atoms with Crippen LogP contribution < -0.4 is 16.0 Å². The molecule has 0 aliphatic rings. The van der Waals surface area contributed by atoms with Crippen molar-refractivity contribution in [2.75, 3.05) is 19.4 Å². The number of amides is 2. The Kier molecular flexibility index (Phi) is 4.91. The molecule has 1 aromatic heterocycles. The minimum atomic E-state index is -0.654. The summed E-state index contributed by atoms with van der Waals surface area (Å²) in [7, 11) is 3.18. The van der Waals surface area contributed by atoms with Crippen molar-refractivity contribution >= 4 is 29.2 Å². The Morgan fingerprint density at radius 2 is 2.00 bits per heavy atom. The van der Waals surface area contributed by atoms with Crippen LogP contribution in [0, 0.1) is 0 Å². The maximum atomic E-state index is 11.9. The standard InChI is InChI=1S/C11H15ClN4O2/c1-6(10(17)14-3)15-11(18)9-7(12)4-5-8(13-2)16-9/h4-6H,1-3H3,(H,13,16)(H,14,17)(H,15,18). The van der Waals surface area contributed by atoms with Gasteiger partial charge in [0, 0.05) is 14.1 Å². The topological polar surface area (TPSA) is 83.1 Å². The third-order valence-electron chi connectivity index (χ3n) is 2.30.